The first-order valence-electron chi connectivity index (χ1n) is 6.41. The van der Waals surface area contributed by atoms with Crippen molar-refractivity contribution >= 4 is 12.4 Å². The number of rotatable bonds is 4. The van der Waals surface area contributed by atoms with Crippen LogP contribution in [0.15, 0.2) is 0 Å². The Labute approximate surface area is 114 Å². The third-order valence-electron chi connectivity index (χ3n) is 2.84. The van der Waals surface area contributed by atoms with Gasteiger partial charge in [0.05, 0.1) is 12.6 Å². The highest BCUT2D eigenvalue weighted by atomic mass is 16.7. The minimum absolute atomic E-state index is 0.108. The van der Waals surface area contributed by atoms with Crippen LogP contribution < -0.4 is 0 Å². The Morgan fingerprint density at radius 3 is 2.63 bits per heavy atom. The van der Waals surface area contributed by atoms with Crippen molar-refractivity contribution in [2.75, 3.05) is 27.0 Å². The number of likely N-dealkylation sites (tertiary alicyclic amines) is 1. The highest BCUT2D eigenvalue weighted by Gasteiger charge is 2.33. The molecule has 0 aromatic heterocycles. The average molecular weight is 273 g/mol. The van der Waals surface area contributed by atoms with Gasteiger partial charge in [0.15, 0.2) is 0 Å². The lowest BCUT2D eigenvalue weighted by molar-refractivity contribution is -0.132. The first kappa shape index (κ1) is 15.9. The van der Waals surface area contributed by atoms with Gasteiger partial charge in [0.25, 0.3) is 0 Å². The number of piperidine rings is 1. The molecular formula is C13H23NO5. The molecule has 0 aromatic carbocycles. The highest BCUT2D eigenvalue weighted by Crippen LogP contribution is 2.21. The summed E-state index contributed by atoms with van der Waals surface area (Å²) in [7, 11) is 1.52. The number of ether oxygens (including phenoxy) is 3. The zero-order valence-electron chi connectivity index (χ0n) is 12.0. The van der Waals surface area contributed by atoms with Crippen molar-refractivity contribution in [2.45, 2.75) is 38.9 Å². The second-order valence-corrected chi connectivity index (χ2v) is 5.63. The summed E-state index contributed by atoms with van der Waals surface area (Å²) in [6, 6.07) is 0. The molecule has 6 nitrogen and oxygen atoms in total. The van der Waals surface area contributed by atoms with E-state index in [1.165, 1.54) is 7.11 Å². The van der Waals surface area contributed by atoms with E-state index in [-0.39, 0.29) is 24.9 Å². The normalized spacial score (nSPS) is 24.1. The van der Waals surface area contributed by atoms with E-state index < -0.39 is 5.60 Å². The van der Waals surface area contributed by atoms with Crippen molar-refractivity contribution < 1.29 is 23.8 Å². The van der Waals surface area contributed by atoms with Crippen molar-refractivity contribution in [3.8, 4) is 0 Å². The molecule has 1 amide bonds. The number of methoxy groups -OCH3 is 1. The van der Waals surface area contributed by atoms with Crippen LogP contribution in [-0.4, -0.2) is 56.0 Å². The van der Waals surface area contributed by atoms with Gasteiger partial charge < -0.3 is 23.9 Å². The van der Waals surface area contributed by atoms with Crippen LogP contribution in [0, 0.1) is 5.92 Å². The number of hydrogen-bond donors (Lipinski definition) is 0. The van der Waals surface area contributed by atoms with E-state index in [0.29, 0.717) is 19.5 Å². The van der Waals surface area contributed by atoms with Crippen molar-refractivity contribution in [3.05, 3.63) is 0 Å². The smallest absolute Gasteiger partial charge is 0.410 e. The monoisotopic (exact) mass is 273 g/mol. The Balaban J connectivity index is 2.58. The van der Waals surface area contributed by atoms with E-state index >= 15 is 0 Å². The van der Waals surface area contributed by atoms with Crippen molar-refractivity contribution in [3.63, 3.8) is 0 Å². The SMILES string of the molecule is COCO[C@H]1CN(C(=O)OC(C)(C)C)CC[C@@H]1C=O. The standard InChI is InChI=1S/C13H23NO5/c1-13(2,3)19-12(16)14-6-5-10(8-15)11(7-14)18-9-17-4/h8,10-11H,5-7,9H2,1-4H3/t10-,11+/m1/s1. The van der Waals surface area contributed by atoms with Gasteiger partial charge in [0, 0.05) is 19.6 Å². The third kappa shape index (κ3) is 5.16. The van der Waals surface area contributed by atoms with Gasteiger partial charge in [-0.3, -0.25) is 0 Å². The van der Waals surface area contributed by atoms with Gasteiger partial charge >= 0.3 is 6.09 Å². The lowest BCUT2D eigenvalue weighted by Gasteiger charge is -2.36. The summed E-state index contributed by atoms with van der Waals surface area (Å²) in [5, 5.41) is 0. The summed E-state index contributed by atoms with van der Waals surface area (Å²) in [6.07, 6.45) is 0.755. The molecule has 1 saturated heterocycles. The zero-order valence-corrected chi connectivity index (χ0v) is 12.0. The maximum absolute atomic E-state index is 12.0. The Kier molecular flexibility index (Phi) is 5.75. The quantitative estimate of drug-likeness (QED) is 0.572. The number of carbonyl (C=O) groups excluding carboxylic acids is 2. The second kappa shape index (κ2) is 6.86. The molecule has 0 radical (unpaired) electrons. The highest BCUT2D eigenvalue weighted by molar-refractivity contribution is 5.68. The van der Waals surface area contributed by atoms with E-state index in [0.717, 1.165) is 6.29 Å². The topological polar surface area (TPSA) is 65.1 Å². The summed E-state index contributed by atoms with van der Waals surface area (Å²) in [6.45, 7) is 6.43. The van der Waals surface area contributed by atoms with Crippen molar-refractivity contribution in [1.29, 1.82) is 0 Å². The molecule has 0 saturated carbocycles. The molecule has 19 heavy (non-hydrogen) atoms. The molecule has 110 valence electrons. The Morgan fingerprint density at radius 1 is 1.42 bits per heavy atom. The van der Waals surface area contributed by atoms with Gasteiger partial charge in [0.2, 0.25) is 0 Å². The van der Waals surface area contributed by atoms with E-state index in [9.17, 15) is 9.59 Å². The van der Waals surface area contributed by atoms with Crippen molar-refractivity contribution in [1.82, 2.24) is 4.90 Å². The fourth-order valence-corrected chi connectivity index (χ4v) is 1.91. The maximum atomic E-state index is 12.0. The second-order valence-electron chi connectivity index (χ2n) is 5.63. The van der Waals surface area contributed by atoms with Crippen LogP contribution >= 0.6 is 0 Å². The minimum atomic E-state index is -0.526. The van der Waals surface area contributed by atoms with Gasteiger partial charge in [-0.05, 0) is 27.2 Å². The third-order valence-corrected chi connectivity index (χ3v) is 2.84. The Hall–Kier alpha value is -1.14. The van der Waals surface area contributed by atoms with Gasteiger partial charge in [-0.15, -0.1) is 0 Å². The lowest BCUT2D eigenvalue weighted by Crippen LogP contribution is -2.49. The molecule has 0 aromatic rings. The molecular weight excluding hydrogens is 250 g/mol. The molecule has 0 aliphatic carbocycles. The predicted molar refractivity (Wildman–Crippen MR) is 68.7 cm³/mol. The molecule has 1 fully saturated rings. The van der Waals surface area contributed by atoms with E-state index in [1.807, 2.05) is 20.8 Å². The number of carbonyl (C=O) groups is 2. The van der Waals surface area contributed by atoms with Crippen LogP contribution in [0.4, 0.5) is 4.79 Å². The largest absolute Gasteiger partial charge is 0.444 e. The molecule has 2 atom stereocenters. The number of aldehydes is 1. The Morgan fingerprint density at radius 2 is 2.11 bits per heavy atom. The van der Waals surface area contributed by atoms with Gasteiger partial charge in [0.1, 0.15) is 18.7 Å². The van der Waals surface area contributed by atoms with Crippen LogP contribution in [-0.2, 0) is 19.0 Å². The van der Waals surface area contributed by atoms with E-state index in [1.54, 1.807) is 4.90 Å². The molecule has 1 rings (SSSR count). The molecule has 0 unspecified atom stereocenters. The summed E-state index contributed by atoms with van der Waals surface area (Å²) < 4.78 is 15.6. The maximum Gasteiger partial charge on any atom is 0.410 e. The first-order valence-corrected chi connectivity index (χ1v) is 6.41. The van der Waals surface area contributed by atoms with E-state index in [2.05, 4.69) is 0 Å². The fraction of sp³-hybridized carbons (Fsp3) is 0.846. The zero-order chi connectivity index (χ0) is 14.5. The van der Waals surface area contributed by atoms with Gasteiger partial charge in [-0.2, -0.15) is 0 Å². The van der Waals surface area contributed by atoms with Gasteiger partial charge in [-0.25, -0.2) is 4.79 Å². The lowest BCUT2D eigenvalue weighted by atomic mass is 9.95. The molecule has 6 heteroatoms. The average Bonchev–Trinajstić information content (AvgIpc) is 2.33. The predicted octanol–water partition coefficient (Wildman–Crippen LogP) is 1.43. The molecule has 1 aliphatic rings. The van der Waals surface area contributed by atoms with Crippen LogP contribution in [0.25, 0.3) is 0 Å². The Bertz CT molecular complexity index is 313. The summed E-state index contributed by atoms with van der Waals surface area (Å²) in [4.78, 5) is 24.5. The summed E-state index contributed by atoms with van der Waals surface area (Å²) in [5.74, 6) is -0.200. The molecule has 0 bridgehead atoms. The first-order chi connectivity index (χ1) is 8.87. The minimum Gasteiger partial charge on any atom is -0.444 e. The van der Waals surface area contributed by atoms with Crippen LogP contribution in [0.1, 0.15) is 27.2 Å². The van der Waals surface area contributed by atoms with Crippen LogP contribution in [0.2, 0.25) is 0 Å². The van der Waals surface area contributed by atoms with Gasteiger partial charge in [-0.1, -0.05) is 0 Å². The number of amides is 1. The van der Waals surface area contributed by atoms with Crippen LogP contribution in [0.3, 0.4) is 0 Å². The van der Waals surface area contributed by atoms with Crippen molar-refractivity contribution in [2.24, 2.45) is 5.92 Å². The molecule has 0 spiro atoms. The van der Waals surface area contributed by atoms with Crippen LogP contribution in [0.5, 0.6) is 0 Å². The van der Waals surface area contributed by atoms with E-state index in [4.69, 9.17) is 14.2 Å². The molecule has 1 heterocycles. The molecule has 0 N–H and O–H groups in total. The summed E-state index contributed by atoms with van der Waals surface area (Å²) >= 11 is 0. The fourth-order valence-electron chi connectivity index (χ4n) is 1.91. The number of nitrogens with zero attached hydrogens (tertiary/aromatic N) is 1. The molecule has 1 aliphatic heterocycles. The summed E-state index contributed by atoms with van der Waals surface area (Å²) in [5.41, 5.74) is -0.526. The number of hydrogen-bond acceptors (Lipinski definition) is 5.